The molecule has 0 saturated heterocycles. The minimum atomic E-state index is -4.25. The van der Waals surface area contributed by atoms with Crippen LogP contribution in [0.15, 0.2) is 100 Å². The highest BCUT2D eigenvalue weighted by Gasteiger charge is 2.23. The second-order valence-corrected chi connectivity index (χ2v) is 12.3. The molecule has 9 nitrogen and oxygen atoms in total. The number of carbonyl (C=O) groups is 1. The van der Waals surface area contributed by atoms with E-state index in [1.54, 1.807) is 12.1 Å². The van der Waals surface area contributed by atoms with Crippen LogP contribution in [0, 0.1) is 0 Å². The van der Waals surface area contributed by atoms with Gasteiger partial charge in [-0.1, -0.05) is 36.4 Å². The van der Waals surface area contributed by atoms with Crippen LogP contribution in [-0.2, 0) is 19.6 Å². The number of benzene rings is 4. The first kappa shape index (κ1) is 37.2. The Morgan fingerprint density at radius 3 is 2.16 bits per heavy atom. The molecule has 0 aromatic heterocycles. The number of hydrogen-bond donors (Lipinski definition) is 0. The number of esters is 1. The molecule has 0 amide bonds. The van der Waals surface area contributed by atoms with Gasteiger partial charge in [-0.15, -0.1) is 0 Å². The predicted molar refractivity (Wildman–Crippen MR) is 190 cm³/mol. The van der Waals surface area contributed by atoms with Crippen molar-refractivity contribution in [2.24, 2.45) is 0 Å². The largest absolute Gasteiger partial charge is 0.744 e. The first-order valence-electron chi connectivity index (χ1n) is 16.4. The summed E-state index contributed by atoms with van der Waals surface area (Å²) >= 11 is 0. The third-order valence-corrected chi connectivity index (χ3v) is 8.93. The van der Waals surface area contributed by atoms with Crippen LogP contribution in [0.25, 0.3) is 33.4 Å². The summed E-state index contributed by atoms with van der Waals surface area (Å²) in [6, 6.07) is 27.2. The molecular formula is C38H43FN2O7S. The molecule has 1 aliphatic carbocycles. The van der Waals surface area contributed by atoms with E-state index in [4.69, 9.17) is 13.9 Å². The number of fused-ring (bicyclic) bond motifs is 2. The van der Waals surface area contributed by atoms with Gasteiger partial charge in [0.2, 0.25) is 5.36 Å². The van der Waals surface area contributed by atoms with Crippen molar-refractivity contribution < 1.29 is 36.0 Å². The third-order valence-electron chi connectivity index (χ3n) is 8.08. The average molecular weight is 690 g/mol. The average Bonchev–Trinajstić information content (AvgIpc) is 3.11. The maximum Gasteiger partial charge on any atom is 0.338 e. The van der Waals surface area contributed by atoms with Crippen molar-refractivity contribution in [3.8, 4) is 22.5 Å². The minimum Gasteiger partial charge on any atom is -0.744 e. The van der Waals surface area contributed by atoms with Gasteiger partial charge >= 0.3 is 5.97 Å². The number of hydrogen-bond acceptors (Lipinski definition) is 8. The number of rotatable bonds is 13. The van der Waals surface area contributed by atoms with E-state index < -0.39 is 22.8 Å². The van der Waals surface area contributed by atoms with E-state index in [-0.39, 0.29) is 24.7 Å². The number of alkyl halides is 1. The summed E-state index contributed by atoms with van der Waals surface area (Å²) in [5, 5.41) is 2.00. The summed E-state index contributed by atoms with van der Waals surface area (Å²) in [5.74, 6) is 0.303. The van der Waals surface area contributed by atoms with Crippen LogP contribution in [-0.4, -0.2) is 71.6 Å². The Morgan fingerprint density at radius 1 is 0.837 bits per heavy atom. The standard InChI is InChI=1S/C32H38FN2O4.C6H6O3S/c1-5-34(6-2)23-13-15-27-29(21-23)39-30-22-24(35(7-3)8-4)14-16-28(30)31(27)25-11-9-10-12-26(25)32(36)38-20-19-37-18-17-33;7-10(8,9)6-4-2-1-3-5-6/h9-16,21-22H,5-8,17-20H2,1-4H3;1-5H,(H,7,8,9)/q+1;/p-1/i33-1;. The monoisotopic (exact) mass is 689 g/mol. The van der Waals surface area contributed by atoms with E-state index in [2.05, 4.69) is 73.6 Å². The van der Waals surface area contributed by atoms with Gasteiger partial charge in [-0.2, -0.15) is 0 Å². The smallest absolute Gasteiger partial charge is 0.338 e. The van der Waals surface area contributed by atoms with Crippen molar-refractivity contribution in [2.45, 2.75) is 32.6 Å². The van der Waals surface area contributed by atoms with Crippen LogP contribution in [0.1, 0.15) is 38.1 Å². The van der Waals surface area contributed by atoms with Gasteiger partial charge in [0.1, 0.15) is 47.8 Å². The Morgan fingerprint density at radius 2 is 1.53 bits per heavy atom. The van der Waals surface area contributed by atoms with Crippen LogP contribution < -0.4 is 14.8 Å². The van der Waals surface area contributed by atoms with Crippen molar-refractivity contribution >= 4 is 32.7 Å². The summed E-state index contributed by atoms with van der Waals surface area (Å²) in [4.78, 5) is 15.3. The van der Waals surface area contributed by atoms with Gasteiger partial charge in [0, 0.05) is 47.4 Å². The van der Waals surface area contributed by atoms with E-state index in [9.17, 15) is 22.2 Å². The SMILES string of the molecule is CCN(CC)c1ccc2c(-c3ccccc3C(=O)OCCOCC[18F])c3ccc(=[N+](CC)CC)cc-3oc2c1.O=S(=O)([O-])c1ccccc1. The Bertz CT molecular complexity index is 1990. The van der Waals surface area contributed by atoms with E-state index in [0.717, 1.165) is 70.6 Å². The molecule has 3 aromatic rings. The van der Waals surface area contributed by atoms with Gasteiger partial charge < -0.3 is 23.3 Å². The van der Waals surface area contributed by atoms with Crippen molar-refractivity contribution in [3.05, 3.63) is 102 Å². The van der Waals surface area contributed by atoms with Crippen LogP contribution in [0.5, 0.6) is 0 Å². The van der Waals surface area contributed by atoms with Crippen molar-refractivity contribution in [1.82, 2.24) is 4.58 Å². The maximum absolute atomic E-state index is 13.2. The molecule has 0 spiro atoms. The Balaban J connectivity index is 0.000000463. The first-order chi connectivity index (χ1) is 23.7. The predicted octanol–water partition coefficient (Wildman–Crippen LogP) is 6.60. The van der Waals surface area contributed by atoms with Crippen LogP contribution in [0.4, 0.5) is 10.1 Å². The van der Waals surface area contributed by atoms with Crippen LogP contribution in [0.2, 0.25) is 0 Å². The van der Waals surface area contributed by atoms with Crippen LogP contribution in [0.3, 0.4) is 0 Å². The highest BCUT2D eigenvalue weighted by molar-refractivity contribution is 7.85. The molecule has 0 radical (unpaired) electrons. The third kappa shape index (κ3) is 9.32. The van der Waals surface area contributed by atoms with Gasteiger partial charge in [0.15, 0.2) is 0 Å². The fourth-order valence-corrected chi connectivity index (χ4v) is 6.11. The molecule has 3 aromatic carbocycles. The second-order valence-electron chi connectivity index (χ2n) is 10.9. The number of halogens is 1. The topological polar surface area (TPSA) is 112 Å². The zero-order valence-corrected chi connectivity index (χ0v) is 29.2. The quantitative estimate of drug-likeness (QED) is 0.0447. The summed E-state index contributed by atoms with van der Waals surface area (Å²) in [7, 11) is -4.25. The van der Waals surface area contributed by atoms with Gasteiger partial charge in [-0.25, -0.2) is 22.2 Å². The summed E-state index contributed by atoms with van der Waals surface area (Å²) in [6.07, 6.45) is 0. The molecule has 0 fully saturated rings. The second kappa shape index (κ2) is 17.7. The molecule has 5 rings (SSSR count). The lowest BCUT2D eigenvalue weighted by Crippen LogP contribution is -2.29. The molecule has 0 atom stereocenters. The molecule has 0 unspecified atom stereocenters. The van der Waals surface area contributed by atoms with E-state index >= 15 is 0 Å². The molecule has 260 valence electrons. The molecule has 49 heavy (non-hydrogen) atoms. The molecule has 0 bridgehead atoms. The molecular weight excluding hydrogens is 646 g/mol. The van der Waals surface area contributed by atoms with Crippen molar-refractivity contribution in [3.63, 3.8) is 0 Å². The zero-order chi connectivity index (χ0) is 35.4. The lowest BCUT2D eigenvalue weighted by atomic mass is 9.90. The fourth-order valence-electron chi connectivity index (χ4n) is 5.62. The van der Waals surface area contributed by atoms with E-state index in [1.807, 2.05) is 18.2 Å². The summed E-state index contributed by atoms with van der Waals surface area (Å²) in [5.41, 5.74) is 4.90. The number of nitrogens with zero attached hydrogens (tertiary/aromatic N) is 2. The van der Waals surface area contributed by atoms with Gasteiger partial charge in [-0.3, -0.25) is 0 Å². The van der Waals surface area contributed by atoms with Crippen LogP contribution >= 0.6 is 0 Å². The highest BCUT2D eigenvalue weighted by Crippen LogP contribution is 2.42. The molecule has 0 saturated carbocycles. The molecule has 1 heterocycles. The first-order valence-corrected chi connectivity index (χ1v) is 17.8. The lowest BCUT2D eigenvalue weighted by molar-refractivity contribution is 0.0300. The Kier molecular flexibility index (Phi) is 13.5. The Hall–Kier alpha value is -4.58. The maximum atomic E-state index is 13.2. The molecule has 1 aliphatic heterocycles. The van der Waals surface area contributed by atoms with Gasteiger partial charge in [0.05, 0.1) is 29.7 Å². The minimum absolute atomic E-state index is 0.00934. The highest BCUT2D eigenvalue weighted by atomic mass is 32.2. The number of carbonyl (C=O) groups excluding carboxylic acids is 1. The molecule has 11 heteroatoms. The number of anilines is 1. The Labute approximate surface area is 287 Å². The summed E-state index contributed by atoms with van der Waals surface area (Å²) in [6.45, 7) is 11.7. The van der Waals surface area contributed by atoms with Crippen molar-refractivity contribution in [1.29, 1.82) is 0 Å². The zero-order valence-electron chi connectivity index (χ0n) is 28.4. The fraction of sp³-hybridized carbons (Fsp3) is 0.316. The normalized spacial score (nSPS) is 11.2. The van der Waals surface area contributed by atoms with E-state index in [0.29, 0.717) is 5.56 Å². The molecule has 0 N–H and O–H groups in total. The number of ether oxygens (including phenoxy) is 2. The molecule has 2 aliphatic rings. The van der Waals surface area contributed by atoms with Crippen molar-refractivity contribution in [2.75, 3.05) is 57.6 Å². The summed E-state index contributed by atoms with van der Waals surface area (Å²) < 4.78 is 62.6. The van der Waals surface area contributed by atoms with Gasteiger partial charge in [-0.05, 0) is 69.7 Å². The van der Waals surface area contributed by atoms with E-state index in [1.165, 1.54) is 24.3 Å². The lowest BCUT2D eigenvalue weighted by Gasteiger charge is -2.22. The van der Waals surface area contributed by atoms with Gasteiger partial charge in [0.25, 0.3) is 0 Å².